The van der Waals surface area contributed by atoms with Crippen LogP contribution in [0.3, 0.4) is 0 Å². The van der Waals surface area contributed by atoms with Crippen LogP contribution in [0, 0.1) is 0 Å². The molecule has 2 aromatic rings. The summed E-state index contributed by atoms with van der Waals surface area (Å²) in [5, 5.41) is 2.96. The molecule has 29 heavy (non-hydrogen) atoms. The molecule has 0 unspecified atom stereocenters. The molecule has 0 aromatic heterocycles. The van der Waals surface area contributed by atoms with E-state index in [-0.39, 0.29) is 12.7 Å². The normalized spacial score (nSPS) is 19.5. The van der Waals surface area contributed by atoms with Gasteiger partial charge in [0.2, 0.25) is 6.79 Å². The first-order chi connectivity index (χ1) is 14.3. The number of nitrogens with one attached hydrogen (secondary N) is 1. The van der Waals surface area contributed by atoms with E-state index < -0.39 is 0 Å². The summed E-state index contributed by atoms with van der Waals surface area (Å²) >= 11 is 0. The van der Waals surface area contributed by atoms with E-state index in [9.17, 15) is 4.79 Å². The molecule has 5 rings (SSSR count). The van der Waals surface area contributed by atoms with Crippen molar-refractivity contribution in [2.45, 2.75) is 31.7 Å². The highest BCUT2D eigenvalue weighted by atomic mass is 16.7. The van der Waals surface area contributed by atoms with E-state index in [2.05, 4.69) is 27.2 Å². The summed E-state index contributed by atoms with van der Waals surface area (Å²) in [4.78, 5) is 17.6. The number of piperazine rings is 1. The summed E-state index contributed by atoms with van der Waals surface area (Å²) in [5.41, 5.74) is 2.57. The van der Waals surface area contributed by atoms with Crippen molar-refractivity contribution in [3.8, 4) is 11.5 Å². The third kappa shape index (κ3) is 3.90. The van der Waals surface area contributed by atoms with E-state index in [1.807, 2.05) is 12.1 Å². The van der Waals surface area contributed by atoms with Gasteiger partial charge in [-0.3, -0.25) is 9.69 Å². The van der Waals surface area contributed by atoms with Crippen molar-refractivity contribution in [3.63, 3.8) is 0 Å². The molecule has 0 atom stereocenters. The van der Waals surface area contributed by atoms with Gasteiger partial charge in [-0.05, 0) is 55.3 Å². The average molecular weight is 393 g/mol. The number of nitrogens with zero attached hydrogens (tertiary/aromatic N) is 2. The number of fused-ring (bicyclic) bond motifs is 1. The van der Waals surface area contributed by atoms with E-state index in [1.54, 1.807) is 18.2 Å². The van der Waals surface area contributed by atoms with Crippen LogP contribution in [-0.4, -0.2) is 49.8 Å². The van der Waals surface area contributed by atoms with Crippen molar-refractivity contribution >= 4 is 17.3 Å². The van der Waals surface area contributed by atoms with Gasteiger partial charge in [0.15, 0.2) is 11.5 Å². The highest BCUT2D eigenvalue weighted by Gasteiger charge is 2.26. The molecule has 3 aliphatic rings. The van der Waals surface area contributed by atoms with Gasteiger partial charge < -0.3 is 19.7 Å². The third-order valence-electron chi connectivity index (χ3n) is 6.28. The van der Waals surface area contributed by atoms with Crippen LogP contribution in [0.2, 0.25) is 0 Å². The second-order valence-corrected chi connectivity index (χ2v) is 8.03. The predicted molar refractivity (Wildman–Crippen MR) is 113 cm³/mol. The monoisotopic (exact) mass is 393 g/mol. The molecule has 152 valence electrons. The van der Waals surface area contributed by atoms with Crippen molar-refractivity contribution in [2.24, 2.45) is 0 Å². The summed E-state index contributed by atoms with van der Waals surface area (Å²) < 4.78 is 10.6. The molecule has 6 nitrogen and oxygen atoms in total. The van der Waals surface area contributed by atoms with E-state index in [0.717, 1.165) is 37.9 Å². The van der Waals surface area contributed by atoms with Crippen LogP contribution in [0.5, 0.6) is 11.5 Å². The number of ether oxygens (including phenoxy) is 2. The number of hydrogen-bond acceptors (Lipinski definition) is 5. The average Bonchev–Trinajstić information content (AvgIpc) is 3.46. The minimum absolute atomic E-state index is 0.152. The maximum atomic E-state index is 12.5. The lowest BCUT2D eigenvalue weighted by molar-refractivity contribution is 0.102. The van der Waals surface area contributed by atoms with E-state index in [4.69, 9.17) is 9.47 Å². The van der Waals surface area contributed by atoms with Gasteiger partial charge >= 0.3 is 0 Å². The van der Waals surface area contributed by atoms with Crippen LogP contribution in [0.1, 0.15) is 36.0 Å². The fourth-order valence-electron chi connectivity index (χ4n) is 4.61. The van der Waals surface area contributed by atoms with Gasteiger partial charge in [0.1, 0.15) is 0 Å². The van der Waals surface area contributed by atoms with Crippen LogP contribution in [-0.2, 0) is 0 Å². The second-order valence-electron chi connectivity index (χ2n) is 8.03. The highest BCUT2D eigenvalue weighted by molar-refractivity contribution is 6.04. The topological polar surface area (TPSA) is 54.0 Å². The Morgan fingerprint density at radius 2 is 1.62 bits per heavy atom. The number of anilines is 2. The smallest absolute Gasteiger partial charge is 0.255 e. The van der Waals surface area contributed by atoms with Crippen LogP contribution in [0.15, 0.2) is 42.5 Å². The number of amides is 1. The van der Waals surface area contributed by atoms with Crippen LogP contribution in [0.4, 0.5) is 11.4 Å². The summed E-state index contributed by atoms with van der Waals surface area (Å²) in [6, 6.07) is 14.2. The first kappa shape index (κ1) is 18.3. The van der Waals surface area contributed by atoms with Gasteiger partial charge in [0.05, 0.1) is 0 Å². The van der Waals surface area contributed by atoms with Gasteiger partial charge in [-0.1, -0.05) is 12.8 Å². The largest absolute Gasteiger partial charge is 0.454 e. The van der Waals surface area contributed by atoms with Gasteiger partial charge in [0.25, 0.3) is 5.91 Å². The molecular weight excluding hydrogens is 366 g/mol. The zero-order valence-electron chi connectivity index (χ0n) is 16.6. The lowest BCUT2D eigenvalue weighted by Gasteiger charge is -2.39. The molecule has 1 saturated heterocycles. The molecule has 1 saturated carbocycles. The number of hydrogen-bond donors (Lipinski definition) is 1. The molecule has 0 bridgehead atoms. The molecule has 6 heteroatoms. The molecule has 1 amide bonds. The summed E-state index contributed by atoms with van der Waals surface area (Å²) in [5.74, 6) is 1.14. The Kier molecular flexibility index (Phi) is 5.02. The number of rotatable bonds is 4. The maximum absolute atomic E-state index is 12.5. The zero-order valence-corrected chi connectivity index (χ0v) is 16.6. The minimum atomic E-state index is -0.152. The SMILES string of the molecule is O=C(Nc1ccc(N2CCN(C3CCCC3)CC2)cc1)c1ccc2c(c1)OCO2. The number of carbonyl (C=O) groups excluding carboxylic acids is 1. The summed E-state index contributed by atoms with van der Waals surface area (Å²) in [7, 11) is 0. The fraction of sp³-hybridized carbons (Fsp3) is 0.435. The Morgan fingerprint density at radius 1 is 0.897 bits per heavy atom. The third-order valence-corrected chi connectivity index (χ3v) is 6.28. The van der Waals surface area contributed by atoms with Crippen LogP contribution >= 0.6 is 0 Å². The van der Waals surface area contributed by atoms with E-state index >= 15 is 0 Å². The maximum Gasteiger partial charge on any atom is 0.255 e. The first-order valence-corrected chi connectivity index (χ1v) is 10.6. The van der Waals surface area contributed by atoms with Crippen molar-refractivity contribution < 1.29 is 14.3 Å². The lowest BCUT2D eigenvalue weighted by atomic mass is 10.1. The standard InChI is InChI=1S/C23H27N3O3/c27-23(17-5-10-21-22(15-17)29-16-28-21)24-18-6-8-20(9-7-18)26-13-11-25(12-14-26)19-3-1-2-4-19/h5-10,15,19H,1-4,11-14,16H2,(H,24,27). The number of benzene rings is 2. The highest BCUT2D eigenvalue weighted by Crippen LogP contribution is 2.33. The van der Waals surface area contributed by atoms with E-state index in [0.29, 0.717) is 17.1 Å². The molecule has 0 spiro atoms. The van der Waals surface area contributed by atoms with Crippen molar-refractivity contribution in [2.75, 3.05) is 43.2 Å². The molecule has 2 aromatic carbocycles. The number of carbonyl (C=O) groups is 1. The lowest BCUT2D eigenvalue weighted by Crippen LogP contribution is -2.49. The second kappa shape index (κ2) is 7.95. The van der Waals surface area contributed by atoms with Gasteiger partial charge in [-0.15, -0.1) is 0 Å². The van der Waals surface area contributed by atoms with Gasteiger partial charge in [0, 0.05) is 49.2 Å². The van der Waals surface area contributed by atoms with E-state index in [1.165, 1.54) is 31.4 Å². The Bertz CT molecular complexity index is 869. The molecule has 2 fully saturated rings. The first-order valence-electron chi connectivity index (χ1n) is 10.6. The van der Waals surface area contributed by atoms with Gasteiger partial charge in [-0.25, -0.2) is 0 Å². The fourth-order valence-corrected chi connectivity index (χ4v) is 4.61. The summed E-state index contributed by atoms with van der Waals surface area (Å²) in [6.07, 6.45) is 5.53. The minimum Gasteiger partial charge on any atom is -0.454 e. The molecule has 2 aliphatic heterocycles. The Hall–Kier alpha value is -2.73. The van der Waals surface area contributed by atoms with Crippen molar-refractivity contribution in [1.29, 1.82) is 0 Å². The Morgan fingerprint density at radius 3 is 2.38 bits per heavy atom. The van der Waals surface area contributed by atoms with Gasteiger partial charge in [-0.2, -0.15) is 0 Å². The molecule has 1 aliphatic carbocycles. The zero-order chi connectivity index (χ0) is 19.6. The van der Waals surface area contributed by atoms with Crippen LogP contribution in [0.25, 0.3) is 0 Å². The summed E-state index contributed by atoms with van der Waals surface area (Å²) in [6.45, 7) is 4.64. The Labute approximate surface area is 171 Å². The van der Waals surface area contributed by atoms with Crippen LogP contribution < -0.4 is 19.7 Å². The van der Waals surface area contributed by atoms with Crippen molar-refractivity contribution in [1.82, 2.24) is 4.90 Å². The molecule has 0 radical (unpaired) electrons. The molecule has 2 heterocycles. The predicted octanol–water partition coefficient (Wildman–Crippen LogP) is 3.73. The quantitative estimate of drug-likeness (QED) is 0.858. The molecule has 1 N–H and O–H groups in total. The van der Waals surface area contributed by atoms with Crippen molar-refractivity contribution in [3.05, 3.63) is 48.0 Å². The Balaban J connectivity index is 1.18. The molecular formula is C23H27N3O3.